The normalized spacial score (nSPS) is 13.0. The van der Waals surface area contributed by atoms with Crippen molar-refractivity contribution in [1.29, 1.82) is 0 Å². The zero-order chi connectivity index (χ0) is 19.1. The smallest absolute Gasteiger partial charge is 0.114 e. The minimum absolute atomic E-state index is 0.415. The molecule has 0 fully saturated rings. The number of aryl methyl sites for hydroxylation is 2. The summed E-state index contributed by atoms with van der Waals surface area (Å²) in [6.45, 7) is 21.7. The van der Waals surface area contributed by atoms with Crippen molar-refractivity contribution >= 4 is 5.71 Å². The average molecular weight is 336 g/mol. The highest BCUT2D eigenvalue weighted by molar-refractivity contribution is 6.01. The molecule has 140 valence electrons. The predicted molar refractivity (Wildman–Crippen MR) is 110 cm³/mol. The van der Waals surface area contributed by atoms with Gasteiger partial charge in [-0.1, -0.05) is 72.2 Å². The molecule has 2 heteroatoms. The van der Waals surface area contributed by atoms with Crippen LogP contribution in [0.25, 0.3) is 0 Å². The zero-order valence-electron chi connectivity index (χ0n) is 17.9. The predicted octanol–water partition coefficient (Wildman–Crippen LogP) is 7.17. The molecule has 0 amide bonds. The molecule has 0 saturated carbocycles. The molecule has 0 N–H and O–H groups in total. The summed E-state index contributed by atoms with van der Waals surface area (Å²) in [5.41, 5.74) is 4.90. The van der Waals surface area contributed by atoms with Gasteiger partial charge in [0.2, 0.25) is 0 Å². The molecular weight excluding hydrogens is 294 g/mol. The lowest BCUT2D eigenvalue weighted by Crippen LogP contribution is -2.16. The first-order chi connectivity index (χ1) is 11.5. The van der Waals surface area contributed by atoms with Crippen LogP contribution in [0, 0.1) is 25.7 Å². The maximum atomic E-state index is 5.34. The van der Waals surface area contributed by atoms with Gasteiger partial charge in [-0.15, -0.1) is 0 Å². The number of hydrogen-bond donors (Lipinski definition) is 0. The summed E-state index contributed by atoms with van der Waals surface area (Å²) in [6, 6.07) is 6.55. The third kappa shape index (κ3) is 9.10. The van der Waals surface area contributed by atoms with Gasteiger partial charge in [-0.25, -0.2) is 0 Å². The molecule has 1 rings (SSSR count). The fourth-order valence-electron chi connectivity index (χ4n) is 2.34. The fraction of sp³-hybridized carbons (Fsp3) is 0.682. The van der Waals surface area contributed by atoms with Crippen LogP contribution in [0.2, 0.25) is 0 Å². The molecule has 0 bridgehead atoms. The fourth-order valence-corrected chi connectivity index (χ4v) is 2.34. The Morgan fingerprint density at radius 2 is 1.58 bits per heavy atom. The topological polar surface area (TPSA) is 21.6 Å². The third-order valence-corrected chi connectivity index (χ3v) is 4.01. The number of nitrogens with zero attached hydrogens (tertiary/aromatic N) is 1. The van der Waals surface area contributed by atoms with Gasteiger partial charge in [-0.2, -0.15) is 0 Å². The van der Waals surface area contributed by atoms with Crippen molar-refractivity contribution in [2.75, 3.05) is 6.61 Å². The van der Waals surface area contributed by atoms with E-state index in [1.54, 1.807) is 0 Å². The lowest BCUT2D eigenvalue weighted by molar-refractivity contribution is 0.157. The van der Waals surface area contributed by atoms with Crippen LogP contribution in [0.15, 0.2) is 23.4 Å². The maximum Gasteiger partial charge on any atom is 0.114 e. The molecule has 0 spiro atoms. The molecule has 2 atom stereocenters. The van der Waals surface area contributed by atoms with E-state index in [2.05, 4.69) is 58.0 Å². The van der Waals surface area contributed by atoms with Crippen molar-refractivity contribution in [3.05, 3.63) is 34.9 Å². The number of oxime groups is 1. The Hall–Kier alpha value is -1.31. The van der Waals surface area contributed by atoms with E-state index in [0.717, 1.165) is 12.1 Å². The van der Waals surface area contributed by atoms with Crippen LogP contribution < -0.4 is 0 Å². The molecule has 24 heavy (non-hydrogen) atoms. The Morgan fingerprint density at radius 3 is 2.04 bits per heavy atom. The first kappa shape index (κ1) is 24.9. The van der Waals surface area contributed by atoms with Gasteiger partial charge in [0, 0.05) is 5.92 Å². The Labute approximate surface area is 151 Å². The highest BCUT2D eigenvalue weighted by atomic mass is 16.6. The van der Waals surface area contributed by atoms with Crippen LogP contribution >= 0.6 is 0 Å². The van der Waals surface area contributed by atoms with Crippen molar-refractivity contribution in [1.82, 2.24) is 0 Å². The molecule has 1 aromatic carbocycles. The van der Waals surface area contributed by atoms with Gasteiger partial charge < -0.3 is 4.84 Å². The van der Waals surface area contributed by atoms with Gasteiger partial charge in [0.25, 0.3) is 0 Å². The largest absolute Gasteiger partial charge is 0.396 e. The molecule has 1 aromatic rings. The zero-order valence-corrected chi connectivity index (χ0v) is 17.9. The molecule has 0 aromatic heterocycles. The Bertz CT molecular complexity index is 451. The summed E-state index contributed by atoms with van der Waals surface area (Å²) in [5.74, 6) is 1.13. The molecule has 0 aliphatic heterocycles. The average Bonchev–Trinajstić information content (AvgIpc) is 2.61. The van der Waals surface area contributed by atoms with Gasteiger partial charge in [0.1, 0.15) is 6.61 Å². The van der Waals surface area contributed by atoms with Crippen molar-refractivity contribution in [3.8, 4) is 0 Å². The second kappa shape index (κ2) is 15.2. The first-order valence-corrected chi connectivity index (χ1v) is 9.77. The standard InChI is InChI=1S/C18H29NO.2C2H6/c1-7-13(3)11-16(6)18(19-20-8-2)17-10-9-14(4)15(5)12-17;2*1-2/h9-10,12-13,16H,7-8,11H2,1-6H3;2*1-2H3/b19-18+;;. The summed E-state index contributed by atoms with van der Waals surface area (Å²) in [6.07, 6.45) is 2.36. The van der Waals surface area contributed by atoms with Crippen molar-refractivity contribution in [2.24, 2.45) is 17.0 Å². The summed E-state index contributed by atoms with van der Waals surface area (Å²) in [4.78, 5) is 5.34. The van der Waals surface area contributed by atoms with E-state index in [0.29, 0.717) is 18.4 Å². The highest BCUT2D eigenvalue weighted by Crippen LogP contribution is 2.21. The van der Waals surface area contributed by atoms with Crippen molar-refractivity contribution in [3.63, 3.8) is 0 Å². The Morgan fingerprint density at radius 1 is 1.00 bits per heavy atom. The summed E-state index contributed by atoms with van der Waals surface area (Å²) >= 11 is 0. The van der Waals surface area contributed by atoms with Crippen molar-refractivity contribution in [2.45, 2.75) is 82.1 Å². The van der Waals surface area contributed by atoms with Gasteiger partial charge >= 0.3 is 0 Å². The second-order valence-corrected chi connectivity index (χ2v) is 5.84. The molecule has 0 radical (unpaired) electrons. The summed E-state index contributed by atoms with van der Waals surface area (Å²) < 4.78 is 0. The molecule has 2 nitrogen and oxygen atoms in total. The van der Waals surface area contributed by atoms with E-state index in [4.69, 9.17) is 4.84 Å². The van der Waals surface area contributed by atoms with Crippen LogP contribution in [0.3, 0.4) is 0 Å². The molecule has 0 aliphatic rings. The van der Waals surface area contributed by atoms with E-state index >= 15 is 0 Å². The number of rotatable bonds is 7. The van der Waals surface area contributed by atoms with Crippen molar-refractivity contribution < 1.29 is 4.84 Å². The number of benzene rings is 1. The van der Waals surface area contributed by atoms with E-state index in [1.807, 2.05) is 34.6 Å². The van der Waals surface area contributed by atoms with Crippen LogP contribution in [-0.4, -0.2) is 12.3 Å². The van der Waals surface area contributed by atoms with Crippen LogP contribution in [-0.2, 0) is 4.84 Å². The minimum atomic E-state index is 0.415. The number of hydrogen-bond acceptors (Lipinski definition) is 2. The summed E-state index contributed by atoms with van der Waals surface area (Å²) in [5, 5.41) is 4.39. The molecule has 0 saturated heterocycles. The van der Waals surface area contributed by atoms with E-state index in [1.165, 1.54) is 23.1 Å². The Balaban J connectivity index is 0. The summed E-state index contributed by atoms with van der Waals surface area (Å²) in [7, 11) is 0. The molecule has 0 heterocycles. The maximum absolute atomic E-state index is 5.34. The third-order valence-electron chi connectivity index (χ3n) is 4.01. The lowest BCUT2D eigenvalue weighted by atomic mass is 9.88. The highest BCUT2D eigenvalue weighted by Gasteiger charge is 2.17. The molecule has 0 aliphatic carbocycles. The quantitative estimate of drug-likeness (QED) is 0.382. The van der Waals surface area contributed by atoms with Crippen LogP contribution in [0.5, 0.6) is 0 Å². The first-order valence-electron chi connectivity index (χ1n) is 9.77. The van der Waals surface area contributed by atoms with Crippen LogP contribution in [0.4, 0.5) is 0 Å². The van der Waals surface area contributed by atoms with E-state index in [-0.39, 0.29) is 0 Å². The monoisotopic (exact) mass is 335 g/mol. The SMILES string of the molecule is CC.CC.CCO/N=C(/c1ccc(C)c(C)c1)C(C)CC(C)CC. The lowest BCUT2D eigenvalue weighted by Gasteiger charge is -2.18. The van der Waals surface area contributed by atoms with E-state index in [9.17, 15) is 0 Å². The van der Waals surface area contributed by atoms with Crippen LogP contribution in [0.1, 0.15) is 84.9 Å². The van der Waals surface area contributed by atoms with Gasteiger partial charge in [0.05, 0.1) is 5.71 Å². The van der Waals surface area contributed by atoms with Gasteiger partial charge in [0.15, 0.2) is 0 Å². The van der Waals surface area contributed by atoms with Gasteiger partial charge in [-0.05, 0) is 55.9 Å². The molecule has 2 unspecified atom stereocenters. The second-order valence-electron chi connectivity index (χ2n) is 5.84. The molecular formula is C22H41NO. The minimum Gasteiger partial charge on any atom is -0.396 e. The van der Waals surface area contributed by atoms with Gasteiger partial charge in [-0.3, -0.25) is 0 Å². The van der Waals surface area contributed by atoms with E-state index < -0.39 is 0 Å². The Kier molecular flexibility index (Phi) is 15.8.